The fraction of sp³-hybridized carbons (Fsp3) is 0.421. The molecule has 0 heterocycles. The summed E-state index contributed by atoms with van der Waals surface area (Å²) < 4.78 is 10.7. The van der Waals surface area contributed by atoms with E-state index in [1.54, 1.807) is 31.4 Å². The number of ether oxygens (including phenoxy) is 2. The lowest BCUT2D eigenvalue weighted by Crippen LogP contribution is -2.24. The Morgan fingerprint density at radius 3 is 2.45 bits per heavy atom. The van der Waals surface area contributed by atoms with Crippen LogP contribution in [0.1, 0.15) is 44.0 Å². The fourth-order valence-corrected chi connectivity index (χ4v) is 2.00. The second-order valence-corrected chi connectivity index (χ2v) is 5.37. The van der Waals surface area contributed by atoms with E-state index in [0.29, 0.717) is 11.3 Å². The molecule has 3 nitrogen and oxygen atoms in total. The van der Waals surface area contributed by atoms with Gasteiger partial charge in [0.25, 0.3) is 0 Å². The number of hydrogen-bond donors (Lipinski definition) is 0. The van der Waals surface area contributed by atoms with Gasteiger partial charge < -0.3 is 9.47 Å². The quantitative estimate of drug-likeness (QED) is 0.582. The minimum atomic E-state index is -0.425. The van der Waals surface area contributed by atoms with Gasteiger partial charge in [0, 0.05) is 5.92 Å². The molecule has 0 bridgehead atoms. The van der Waals surface area contributed by atoms with Crippen molar-refractivity contribution in [3.05, 3.63) is 42.0 Å². The molecule has 1 aromatic carbocycles. The van der Waals surface area contributed by atoms with Crippen molar-refractivity contribution in [1.82, 2.24) is 0 Å². The van der Waals surface area contributed by atoms with Gasteiger partial charge in [-0.1, -0.05) is 38.7 Å². The van der Waals surface area contributed by atoms with E-state index in [-0.39, 0.29) is 11.9 Å². The molecule has 0 saturated heterocycles. The summed E-state index contributed by atoms with van der Waals surface area (Å²) in [6, 6.07) is 6.85. The van der Waals surface area contributed by atoms with Crippen LogP contribution in [0.4, 0.5) is 0 Å². The molecule has 0 aliphatic heterocycles. The van der Waals surface area contributed by atoms with Gasteiger partial charge in [-0.25, -0.2) is 4.79 Å². The maximum atomic E-state index is 12.3. The van der Waals surface area contributed by atoms with Crippen molar-refractivity contribution >= 4 is 5.97 Å². The average Bonchev–Trinajstić information content (AvgIpc) is 2.51. The summed E-state index contributed by atoms with van der Waals surface area (Å²) in [6.07, 6.45) is 1.55. The van der Waals surface area contributed by atoms with E-state index in [1.807, 2.05) is 13.8 Å². The van der Waals surface area contributed by atoms with E-state index in [0.717, 1.165) is 18.4 Å². The molecule has 22 heavy (non-hydrogen) atoms. The molecule has 1 aromatic rings. The third-order valence-electron chi connectivity index (χ3n) is 3.25. The van der Waals surface area contributed by atoms with Crippen molar-refractivity contribution in [2.24, 2.45) is 5.92 Å². The van der Waals surface area contributed by atoms with E-state index in [4.69, 9.17) is 9.47 Å². The van der Waals surface area contributed by atoms with Crippen LogP contribution in [-0.2, 0) is 4.74 Å². The first-order chi connectivity index (χ1) is 10.5. The number of hydrogen-bond acceptors (Lipinski definition) is 3. The molecule has 118 valence electrons. The van der Waals surface area contributed by atoms with Crippen molar-refractivity contribution in [3.63, 3.8) is 0 Å². The van der Waals surface area contributed by atoms with Crippen LogP contribution >= 0.6 is 0 Å². The second-order valence-electron chi connectivity index (χ2n) is 5.37. The molecule has 0 saturated carbocycles. The number of carbonyl (C=O) groups is 1. The Balaban J connectivity index is 2.85. The molecule has 0 fully saturated rings. The highest BCUT2D eigenvalue weighted by Gasteiger charge is 2.20. The van der Waals surface area contributed by atoms with E-state index in [2.05, 4.69) is 25.3 Å². The summed E-state index contributed by atoms with van der Waals surface area (Å²) in [5.74, 6) is 6.44. The number of methoxy groups -OCH3 is 1. The summed E-state index contributed by atoms with van der Waals surface area (Å²) in [7, 11) is 1.59. The summed E-state index contributed by atoms with van der Waals surface area (Å²) in [4.78, 5) is 12.3. The maximum Gasteiger partial charge on any atom is 0.339 e. The van der Waals surface area contributed by atoms with Gasteiger partial charge in [0.2, 0.25) is 0 Å². The van der Waals surface area contributed by atoms with Crippen molar-refractivity contribution in [3.8, 4) is 17.6 Å². The smallest absolute Gasteiger partial charge is 0.339 e. The highest BCUT2D eigenvalue weighted by Crippen LogP contribution is 2.17. The number of carbonyl (C=O) groups excluding carboxylic acids is 1. The monoisotopic (exact) mass is 300 g/mol. The minimum Gasteiger partial charge on any atom is -0.497 e. The van der Waals surface area contributed by atoms with Crippen LogP contribution in [0, 0.1) is 17.8 Å². The highest BCUT2D eigenvalue weighted by atomic mass is 16.5. The van der Waals surface area contributed by atoms with Gasteiger partial charge >= 0.3 is 5.97 Å². The molecule has 2 unspecified atom stereocenters. The Labute approximate surface area is 133 Å². The zero-order valence-electron chi connectivity index (χ0n) is 13.8. The van der Waals surface area contributed by atoms with Gasteiger partial charge in [-0.3, -0.25) is 0 Å². The molecule has 0 spiro atoms. The lowest BCUT2D eigenvalue weighted by molar-refractivity contribution is 0.0305. The van der Waals surface area contributed by atoms with Crippen molar-refractivity contribution in [2.75, 3.05) is 7.11 Å². The van der Waals surface area contributed by atoms with Gasteiger partial charge in [-0.05, 0) is 43.2 Å². The van der Waals surface area contributed by atoms with Crippen LogP contribution in [0.3, 0.4) is 0 Å². The van der Waals surface area contributed by atoms with Crippen LogP contribution in [0.15, 0.2) is 36.4 Å². The lowest BCUT2D eigenvalue weighted by atomic mass is 9.99. The predicted molar refractivity (Wildman–Crippen MR) is 88.9 cm³/mol. The largest absolute Gasteiger partial charge is 0.497 e. The lowest BCUT2D eigenvalue weighted by Gasteiger charge is -2.19. The molecule has 0 radical (unpaired) electrons. The summed E-state index contributed by atoms with van der Waals surface area (Å²) >= 11 is 0. The number of benzene rings is 1. The van der Waals surface area contributed by atoms with Crippen LogP contribution in [-0.4, -0.2) is 19.2 Å². The van der Waals surface area contributed by atoms with E-state index < -0.39 is 6.10 Å². The van der Waals surface area contributed by atoms with Gasteiger partial charge in [0.05, 0.1) is 12.7 Å². The number of esters is 1. The maximum absolute atomic E-state index is 12.3. The SMILES string of the molecule is C=C(C)C#CC(OC(=O)c1ccc(OC)cc1)C(C)CCC. The first-order valence-corrected chi connectivity index (χ1v) is 7.50. The summed E-state index contributed by atoms with van der Waals surface area (Å²) in [6.45, 7) is 9.74. The molecule has 0 amide bonds. The van der Waals surface area contributed by atoms with E-state index in [1.165, 1.54) is 0 Å². The highest BCUT2D eigenvalue weighted by molar-refractivity contribution is 5.89. The van der Waals surface area contributed by atoms with Gasteiger partial charge in [-0.15, -0.1) is 0 Å². The first-order valence-electron chi connectivity index (χ1n) is 7.50. The predicted octanol–water partition coefficient (Wildman–Crippen LogP) is 4.24. The Bertz CT molecular complexity index is 561. The Morgan fingerprint density at radius 2 is 1.95 bits per heavy atom. The van der Waals surface area contributed by atoms with E-state index >= 15 is 0 Å². The van der Waals surface area contributed by atoms with Gasteiger partial charge in [0.15, 0.2) is 6.10 Å². The molecule has 0 aliphatic rings. The van der Waals surface area contributed by atoms with Crippen LogP contribution in [0.2, 0.25) is 0 Å². The van der Waals surface area contributed by atoms with Crippen LogP contribution < -0.4 is 4.74 Å². The van der Waals surface area contributed by atoms with Gasteiger partial charge in [0.1, 0.15) is 5.75 Å². The molecule has 1 rings (SSSR count). The molecule has 3 heteroatoms. The second kappa shape index (κ2) is 8.94. The number of allylic oxidation sites excluding steroid dienone is 1. The van der Waals surface area contributed by atoms with Crippen LogP contribution in [0.25, 0.3) is 0 Å². The zero-order chi connectivity index (χ0) is 16.5. The molecular formula is C19H24O3. The standard InChI is InChI=1S/C19H24O3/c1-6-7-15(4)18(13-8-14(2)3)22-19(20)16-9-11-17(21-5)12-10-16/h9-12,15,18H,2,6-7H2,1,3-5H3. The average molecular weight is 300 g/mol. The zero-order valence-corrected chi connectivity index (χ0v) is 13.8. The first kappa shape index (κ1) is 17.8. The molecule has 0 aliphatic carbocycles. The van der Waals surface area contributed by atoms with Crippen LogP contribution in [0.5, 0.6) is 5.75 Å². The molecule has 0 aromatic heterocycles. The topological polar surface area (TPSA) is 35.5 Å². The summed E-state index contributed by atoms with van der Waals surface area (Å²) in [5, 5.41) is 0. The van der Waals surface area contributed by atoms with Crippen molar-refractivity contribution < 1.29 is 14.3 Å². The van der Waals surface area contributed by atoms with Crippen molar-refractivity contribution in [1.29, 1.82) is 0 Å². The fourth-order valence-electron chi connectivity index (χ4n) is 2.00. The third kappa shape index (κ3) is 5.65. The Kier molecular flexibility index (Phi) is 7.25. The Morgan fingerprint density at radius 1 is 1.32 bits per heavy atom. The molecule has 0 N–H and O–H groups in total. The minimum absolute atomic E-state index is 0.180. The normalized spacial score (nSPS) is 12.5. The molecule has 2 atom stereocenters. The van der Waals surface area contributed by atoms with Crippen molar-refractivity contribution in [2.45, 2.75) is 39.7 Å². The van der Waals surface area contributed by atoms with E-state index in [9.17, 15) is 4.79 Å². The van der Waals surface area contributed by atoms with Gasteiger partial charge in [-0.2, -0.15) is 0 Å². The third-order valence-corrected chi connectivity index (χ3v) is 3.25. The number of rotatable bonds is 6. The summed E-state index contributed by atoms with van der Waals surface area (Å²) in [5.41, 5.74) is 1.25. The Hall–Kier alpha value is -2.21. The molecular weight excluding hydrogens is 276 g/mol.